The van der Waals surface area contributed by atoms with Gasteiger partial charge in [0.2, 0.25) is 5.91 Å². The minimum atomic E-state index is 0.0896. The Hall–Kier alpha value is -1.43. The fourth-order valence-electron chi connectivity index (χ4n) is 3.47. The Labute approximate surface area is 141 Å². The molecular weight excluding hydrogens is 310 g/mol. The number of nitrogens with zero attached hydrogens (tertiary/aromatic N) is 3. The Kier molecular flexibility index (Phi) is 4.99. The minimum absolute atomic E-state index is 0.0896. The van der Waals surface area contributed by atoms with E-state index in [1.807, 2.05) is 16.7 Å². The maximum atomic E-state index is 12.7. The van der Waals surface area contributed by atoms with Crippen LogP contribution in [0.25, 0.3) is 0 Å². The van der Waals surface area contributed by atoms with E-state index in [9.17, 15) is 9.59 Å². The Morgan fingerprint density at radius 2 is 1.78 bits per heavy atom. The summed E-state index contributed by atoms with van der Waals surface area (Å²) < 4.78 is 0. The zero-order chi connectivity index (χ0) is 16.4. The SMILES string of the molecule is CCc1nc(C)c(C(=O)N2CCC(C(=O)N3CCCC3)CC2)s1. The molecule has 0 bridgehead atoms. The van der Waals surface area contributed by atoms with Crippen molar-refractivity contribution in [3.05, 3.63) is 15.6 Å². The van der Waals surface area contributed by atoms with E-state index in [1.54, 1.807) is 0 Å². The van der Waals surface area contributed by atoms with Gasteiger partial charge in [-0.15, -0.1) is 11.3 Å². The smallest absolute Gasteiger partial charge is 0.265 e. The second kappa shape index (κ2) is 6.99. The first-order valence-electron chi connectivity index (χ1n) is 8.64. The molecule has 0 aromatic carbocycles. The Morgan fingerprint density at radius 3 is 2.35 bits per heavy atom. The van der Waals surface area contributed by atoms with Gasteiger partial charge in [0, 0.05) is 32.1 Å². The number of hydrogen-bond acceptors (Lipinski definition) is 4. The number of thiazole rings is 1. The Balaban J connectivity index is 1.58. The van der Waals surface area contributed by atoms with Crippen LogP contribution in [0.15, 0.2) is 0 Å². The molecule has 2 fully saturated rings. The monoisotopic (exact) mass is 335 g/mol. The Bertz CT molecular complexity index is 585. The molecule has 3 heterocycles. The highest BCUT2D eigenvalue weighted by Gasteiger charge is 2.32. The van der Waals surface area contributed by atoms with E-state index in [0.717, 1.165) is 60.8 Å². The lowest BCUT2D eigenvalue weighted by atomic mass is 9.95. The number of amides is 2. The van der Waals surface area contributed by atoms with Crippen molar-refractivity contribution in [2.75, 3.05) is 26.2 Å². The van der Waals surface area contributed by atoms with Crippen LogP contribution in [-0.4, -0.2) is 52.8 Å². The molecule has 1 aromatic rings. The van der Waals surface area contributed by atoms with Crippen molar-refractivity contribution >= 4 is 23.2 Å². The largest absolute Gasteiger partial charge is 0.342 e. The molecule has 2 amide bonds. The van der Waals surface area contributed by atoms with Crippen LogP contribution in [0.5, 0.6) is 0 Å². The van der Waals surface area contributed by atoms with Crippen molar-refractivity contribution in [3.8, 4) is 0 Å². The van der Waals surface area contributed by atoms with Gasteiger partial charge in [-0.25, -0.2) is 4.98 Å². The molecule has 0 unspecified atom stereocenters. The second-order valence-electron chi connectivity index (χ2n) is 6.47. The van der Waals surface area contributed by atoms with E-state index in [4.69, 9.17) is 0 Å². The number of carbonyl (C=O) groups is 2. The van der Waals surface area contributed by atoms with E-state index in [1.165, 1.54) is 11.3 Å². The van der Waals surface area contributed by atoms with Gasteiger partial charge >= 0.3 is 0 Å². The molecule has 2 saturated heterocycles. The van der Waals surface area contributed by atoms with Gasteiger partial charge in [-0.1, -0.05) is 6.92 Å². The van der Waals surface area contributed by atoms with E-state index in [0.29, 0.717) is 19.0 Å². The fourth-order valence-corrected chi connectivity index (χ4v) is 4.44. The molecule has 0 radical (unpaired) electrons. The first-order chi connectivity index (χ1) is 11.1. The molecule has 2 aliphatic rings. The zero-order valence-corrected chi connectivity index (χ0v) is 14.8. The molecule has 0 atom stereocenters. The summed E-state index contributed by atoms with van der Waals surface area (Å²) in [7, 11) is 0. The first kappa shape index (κ1) is 16.4. The third kappa shape index (κ3) is 3.42. The molecule has 6 heteroatoms. The maximum Gasteiger partial charge on any atom is 0.265 e. The van der Waals surface area contributed by atoms with Gasteiger partial charge in [-0.2, -0.15) is 0 Å². The standard InChI is InChI=1S/C17H25N3O2S/c1-3-14-18-12(2)15(23-14)17(22)20-10-6-13(7-11-20)16(21)19-8-4-5-9-19/h13H,3-11H2,1-2H3. The molecule has 23 heavy (non-hydrogen) atoms. The average Bonchev–Trinajstić information content (AvgIpc) is 3.23. The van der Waals surface area contributed by atoms with E-state index < -0.39 is 0 Å². The zero-order valence-electron chi connectivity index (χ0n) is 14.0. The van der Waals surface area contributed by atoms with Gasteiger partial charge in [0.25, 0.3) is 5.91 Å². The summed E-state index contributed by atoms with van der Waals surface area (Å²) in [5, 5.41) is 1.02. The van der Waals surface area contributed by atoms with Crippen LogP contribution in [0.3, 0.4) is 0 Å². The summed E-state index contributed by atoms with van der Waals surface area (Å²) in [6.45, 7) is 7.16. The highest BCUT2D eigenvalue weighted by atomic mass is 32.1. The molecule has 3 rings (SSSR count). The second-order valence-corrected chi connectivity index (χ2v) is 7.56. The van der Waals surface area contributed by atoms with Gasteiger partial charge in [0.15, 0.2) is 0 Å². The summed E-state index contributed by atoms with van der Waals surface area (Å²) in [6, 6.07) is 0. The molecule has 1 aromatic heterocycles. The molecular formula is C17H25N3O2S. The fraction of sp³-hybridized carbons (Fsp3) is 0.706. The summed E-state index contributed by atoms with van der Waals surface area (Å²) in [6.07, 6.45) is 4.71. The van der Waals surface area contributed by atoms with Crippen molar-refractivity contribution in [2.45, 2.75) is 46.0 Å². The van der Waals surface area contributed by atoms with Gasteiger partial charge in [-0.3, -0.25) is 9.59 Å². The number of rotatable bonds is 3. The maximum absolute atomic E-state index is 12.7. The molecule has 2 aliphatic heterocycles. The number of hydrogen-bond donors (Lipinski definition) is 0. The predicted molar refractivity (Wildman–Crippen MR) is 90.7 cm³/mol. The van der Waals surface area contributed by atoms with Crippen molar-refractivity contribution < 1.29 is 9.59 Å². The van der Waals surface area contributed by atoms with Gasteiger partial charge in [-0.05, 0) is 39.0 Å². The molecule has 0 spiro atoms. The van der Waals surface area contributed by atoms with E-state index in [2.05, 4.69) is 11.9 Å². The van der Waals surface area contributed by atoms with Crippen LogP contribution >= 0.6 is 11.3 Å². The van der Waals surface area contributed by atoms with Gasteiger partial charge in [0.05, 0.1) is 10.7 Å². The number of piperidine rings is 1. The Morgan fingerprint density at radius 1 is 1.13 bits per heavy atom. The van der Waals surface area contributed by atoms with Gasteiger partial charge < -0.3 is 9.80 Å². The van der Waals surface area contributed by atoms with Crippen LogP contribution in [0.1, 0.15) is 53.0 Å². The van der Waals surface area contributed by atoms with E-state index >= 15 is 0 Å². The normalized spacial score (nSPS) is 19.4. The quantitative estimate of drug-likeness (QED) is 0.853. The average molecular weight is 335 g/mol. The van der Waals surface area contributed by atoms with Crippen LogP contribution in [0.4, 0.5) is 0 Å². The van der Waals surface area contributed by atoms with Crippen LogP contribution in [0, 0.1) is 12.8 Å². The van der Waals surface area contributed by atoms with Crippen molar-refractivity contribution in [1.82, 2.24) is 14.8 Å². The van der Waals surface area contributed by atoms with Crippen molar-refractivity contribution in [3.63, 3.8) is 0 Å². The third-order valence-corrected chi connectivity index (χ3v) is 6.18. The van der Waals surface area contributed by atoms with Crippen LogP contribution < -0.4 is 0 Å². The van der Waals surface area contributed by atoms with Gasteiger partial charge in [0.1, 0.15) is 4.88 Å². The van der Waals surface area contributed by atoms with Crippen LogP contribution in [-0.2, 0) is 11.2 Å². The number of aromatic nitrogens is 1. The summed E-state index contributed by atoms with van der Waals surface area (Å²) in [5.41, 5.74) is 0.840. The van der Waals surface area contributed by atoms with Crippen molar-refractivity contribution in [1.29, 1.82) is 0 Å². The molecule has 0 N–H and O–H groups in total. The molecule has 5 nitrogen and oxygen atoms in total. The molecule has 0 saturated carbocycles. The van der Waals surface area contributed by atoms with Crippen molar-refractivity contribution in [2.24, 2.45) is 5.92 Å². The number of aryl methyl sites for hydroxylation is 2. The topological polar surface area (TPSA) is 53.5 Å². The predicted octanol–water partition coefficient (Wildman–Crippen LogP) is 2.49. The lowest BCUT2D eigenvalue weighted by molar-refractivity contribution is -0.135. The minimum Gasteiger partial charge on any atom is -0.342 e. The van der Waals surface area contributed by atoms with E-state index in [-0.39, 0.29) is 11.8 Å². The summed E-state index contributed by atoms with van der Waals surface area (Å²) in [5.74, 6) is 0.495. The number of carbonyl (C=O) groups excluding carboxylic acids is 2. The highest BCUT2D eigenvalue weighted by Crippen LogP contribution is 2.26. The first-order valence-corrected chi connectivity index (χ1v) is 9.46. The third-order valence-electron chi connectivity index (χ3n) is 4.89. The summed E-state index contributed by atoms with van der Waals surface area (Å²) >= 11 is 1.51. The van der Waals surface area contributed by atoms with Crippen LogP contribution in [0.2, 0.25) is 0 Å². The number of likely N-dealkylation sites (tertiary alicyclic amines) is 2. The lowest BCUT2D eigenvalue weighted by Gasteiger charge is -2.33. The lowest BCUT2D eigenvalue weighted by Crippen LogP contribution is -2.43. The highest BCUT2D eigenvalue weighted by molar-refractivity contribution is 7.13. The molecule has 0 aliphatic carbocycles. The molecule has 126 valence electrons. The summed E-state index contributed by atoms with van der Waals surface area (Å²) in [4.78, 5) is 34.3.